The number of aromatic nitrogens is 2. The minimum absolute atomic E-state index is 0.0334. The predicted molar refractivity (Wildman–Crippen MR) is 141 cm³/mol. The number of nitrogens with zero attached hydrogens (tertiary/aromatic N) is 3. The average molecular weight is 513 g/mol. The Hall–Kier alpha value is -4.09. The van der Waals surface area contributed by atoms with Crippen LogP contribution < -0.4 is 21.7 Å². The third-order valence-corrected chi connectivity index (χ3v) is 5.50. The Balaban J connectivity index is 1.78. The van der Waals surface area contributed by atoms with Crippen molar-refractivity contribution in [1.82, 2.24) is 15.3 Å². The molecule has 1 heterocycles. The van der Waals surface area contributed by atoms with Crippen molar-refractivity contribution >= 4 is 47.6 Å². The molecule has 3 rings (SSSR count). The molecule has 1 aliphatic carbocycles. The number of benzene rings is 1. The summed E-state index contributed by atoms with van der Waals surface area (Å²) in [6.07, 6.45) is 7.15. The molecule has 0 saturated heterocycles. The first-order valence-corrected chi connectivity index (χ1v) is 12.1. The van der Waals surface area contributed by atoms with Gasteiger partial charge in [-0.25, -0.2) is 14.2 Å². The zero-order chi connectivity index (χ0) is 27.0. The highest BCUT2D eigenvalue weighted by molar-refractivity contribution is 5.98. The van der Waals surface area contributed by atoms with Crippen molar-refractivity contribution in [2.75, 3.05) is 10.6 Å². The predicted octanol–water partition coefficient (Wildman–Crippen LogP) is 4.45. The molecular weight excluding hydrogens is 479 g/mol. The van der Waals surface area contributed by atoms with Gasteiger partial charge in [0, 0.05) is 36.8 Å². The first-order valence-electron chi connectivity index (χ1n) is 12.1. The number of hydrogen-bond donors (Lipinski definition) is 5. The van der Waals surface area contributed by atoms with Crippen molar-refractivity contribution in [3.05, 3.63) is 35.8 Å². The van der Waals surface area contributed by atoms with Crippen LogP contribution in [0.15, 0.2) is 29.4 Å². The zero-order valence-corrected chi connectivity index (χ0v) is 21.2. The van der Waals surface area contributed by atoms with Gasteiger partial charge in [0.05, 0.1) is 11.7 Å². The van der Waals surface area contributed by atoms with E-state index in [1.165, 1.54) is 24.5 Å². The van der Waals surface area contributed by atoms with Crippen LogP contribution in [0.1, 0.15) is 63.2 Å². The number of carbonyl (C=O) groups is 2. The van der Waals surface area contributed by atoms with Crippen molar-refractivity contribution in [2.24, 2.45) is 10.7 Å². The fraction of sp³-hybridized carbons (Fsp3) is 0.440. The molecule has 6 N–H and O–H groups in total. The molecule has 1 aliphatic rings. The number of aliphatic imine (C=N–C) groups is 1. The molecule has 0 unspecified atom stereocenters. The quantitative estimate of drug-likeness (QED) is 0.309. The van der Waals surface area contributed by atoms with Crippen molar-refractivity contribution in [3.63, 3.8) is 0 Å². The maximum Gasteiger partial charge on any atom is 0.407 e. The van der Waals surface area contributed by atoms with Crippen LogP contribution in [0.5, 0.6) is 0 Å². The van der Waals surface area contributed by atoms with Crippen molar-refractivity contribution < 1.29 is 18.7 Å². The summed E-state index contributed by atoms with van der Waals surface area (Å²) in [6, 6.07) is 3.91. The van der Waals surface area contributed by atoms with Gasteiger partial charge in [-0.2, -0.15) is 4.98 Å². The summed E-state index contributed by atoms with van der Waals surface area (Å²) in [5.41, 5.74) is 5.37. The molecule has 12 heteroatoms. The van der Waals surface area contributed by atoms with Gasteiger partial charge in [0.1, 0.15) is 17.0 Å². The summed E-state index contributed by atoms with van der Waals surface area (Å²) >= 11 is 0. The van der Waals surface area contributed by atoms with E-state index in [1.54, 1.807) is 26.8 Å². The van der Waals surface area contributed by atoms with Gasteiger partial charge in [-0.1, -0.05) is 12.8 Å². The molecule has 1 aromatic carbocycles. The van der Waals surface area contributed by atoms with E-state index in [9.17, 15) is 14.0 Å². The van der Waals surface area contributed by atoms with E-state index in [4.69, 9.17) is 15.9 Å². The summed E-state index contributed by atoms with van der Waals surface area (Å²) < 4.78 is 19.9. The monoisotopic (exact) mass is 512 g/mol. The molecule has 1 aromatic heterocycles. The van der Waals surface area contributed by atoms with Crippen molar-refractivity contribution in [1.29, 1.82) is 5.41 Å². The fourth-order valence-electron chi connectivity index (χ4n) is 3.86. The first-order chi connectivity index (χ1) is 17.6. The van der Waals surface area contributed by atoms with E-state index in [1.807, 2.05) is 0 Å². The summed E-state index contributed by atoms with van der Waals surface area (Å²) in [5, 5.41) is 16.1. The fourth-order valence-corrected chi connectivity index (χ4v) is 3.86. The maximum absolute atomic E-state index is 14.5. The number of alkyl carbamates (subject to hydrolysis) is 1. The molecule has 11 nitrogen and oxygen atoms in total. The molecule has 2 amide bonds. The lowest BCUT2D eigenvalue weighted by molar-refractivity contribution is 0.0488. The number of hydrogen-bond acceptors (Lipinski definition) is 9. The number of nitrogens with one attached hydrogen (secondary N) is 4. The second kappa shape index (κ2) is 12.2. The summed E-state index contributed by atoms with van der Waals surface area (Å²) in [6.45, 7) is 5.41. The van der Waals surface area contributed by atoms with Crippen LogP contribution >= 0.6 is 0 Å². The van der Waals surface area contributed by atoms with Gasteiger partial charge in [0.2, 0.25) is 5.95 Å². The van der Waals surface area contributed by atoms with Crippen LogP contribution in [-0.2, 0) is 4.74 Å². The maximum atomic E-state index is 14.5. The highest BCUT2D eigenvalue weighted by atomic mass is 19.1. The number of primary amides is 1. The highest BCUT2D eigenvalue weighted by Crippen LogP contribution is 2.26. The normalized spacial score (nSPS) is 17.7. The number of rotatable bonds is 9. The molecular formula is C25H33FN8O3. The Kier molecular flexibility index (Phi) is 9.10. The SMILES string of the molecule is CC(C)(C)OC(=O)N[C@H]1CCCC[C@H]1Nc1ncc(C(N)=O)c(Nc2ccc(N=CCC=N)c(F)c2)n1. The topological polar surface area (TPSA) is 167 Å². The number of anilines is 3. The third-order valence-electron chi connectivity index (χ3n) is 5.50. The van der Waals surface area contributed by atoms with Gasteiger partial charge in [0.15, 0.2) is 5.82 Å². The van der Waals surface area contributed by atoms with Crippen LogP contribution in [0.25, 0.3) is 0 Å². The summed E-state index contributed by atoms with van der Waals surface area (Å²) in [4.78, 5) is 36.9. The molecule has 0 radical (unpaired) electrons. The van der Waals surface area contributed by atoms with E-state index in [-0.39, 0.29) is 35.1 Å². The minimum Gasteiger partial charge on any atom is -0.444 e. The van der Waals surface area contributed by atoms with Crippen LogP contribution in [0, 0.1) is 11.2 Å². The second-order valence-electron chi connectivity index (χ2n) is 9.65. The molecule has 2 atom stereocenters. The standard InChI is InChI=1S/C25H33FN8O3/c1-25(2,3)37-24(36)33-20-8-5-4-7-19(20)32-23-30-14-16(21(28)35)22(34-23)31-15-9-10-18(17(26)13-15)29-12-6-11-27/h9-14,19-20,27H,4-8H2,1-3H3,(H2,28,35)(H,33,36)(H2,30,31,32,34)/t19-,20+/m1/s1. The lowest BCUT2D eigenvalue weighted by Gasteiger charge is -2.33. The molecule has 2 aromatic rings. The van der Waals surface area contributed by atoms with Crippen molar-refractivity contribution in [2.45, 2.75) is 70.6 Å². The van der Waals surface area contributed by atoms with Crippen LogP contribution in [0.4, 0.5) is 32.3 Å². The Bertz CT molecular complexity index is 1170. The van der Waals surface area contributed by atoms with Gasteiger partial charge in [-0.05, 0) is 51.8 Å². The molecule has 1 fully saturated rings. The molecule has 198 valence electrons. The van der Waals surface area contributed by atoms with Gasteiger partial charge in [-0.3, -0.25) is 9.79 Å². The van der Waals surface area contributed by atoms with Gasteiger partial charge in [-0.15, -0.1) is 0 Å². The van der Waals surface area contributed by atoms with E-state index in [0.717, 1.165) is 31.9 Å². The van der Waals surface area contributed by atoms with E-state index in [0.29, 0.717) is 12.1 Å². The molecule has 0 bridgehead atoms. The lowest BCUT2D eigenvalue weighted by atomic mass is 9.90. The van der Waals surface area contributed by atoms with E-state index >= 15 is 0 Å². The third kappa shape index (κ3) is 8.23. The zero-order valence-electron chi connectivity index (χ0n) is 21.2. The highest BCUT2D eigenvalue weighted by Gasteiger charge is 2.29. The number of amides is 2. The van der Waals surface area contributed by atoms with Gasteiger partial charge < -0.3 is 31.8 Å². The Labute approximate surface area is 215 Å². The Morgan fingerprint density at radius 3 is 2.65 bits per heavy atom. The second-order valence-corrected chi connectivity index (χ2v) is 9.65. The van der Waals surface area contributed by atoms with Crippen molar-refractivity contribution in [3.8, 4) is 0 Å². The van der Waals surface area contributed by atoms with E-state index < -0.39 is 23.4 Å². The largest absolute Gasteiger partial charge is 0.444 e. The van der Waals surface area contributed by atoms with Gasteiger partial charge >= 0.3 is 6.09 Å². The molecule has 37 heavy (non-hydrogen) atoms. The van der Waals surface area contributed by atoms with Crippen LogP contribution in [-0.4, -0.2) is 52.1 Å². The van der Waals surface area contributed by atoms with Gasteiger partial charge in [0.25, 0.3) is 5.91 Å². The average Bonchev–Trinajstić information content (AvgIpc) is 2.80. The van der Waals surface area contributed by atoms with Crippen LogP contribution in [0.2, 0.25) is 0 Å². The van der Waals surface area contributed by atoms with Crippen LogP contribution in [0.3, 0.4) is 0 Å². The molecule has 0 aliphatic heterocycles. The Morgan fingerprint density at radius 1 is 1.27 bits per heavy atom. The number of nitrogens with two attached hydrogens (primary N) is 1. The molecule has 1 saturated carbocycles. The number of carbonyl (C=O) groups excluding carboxylic acids is 2. The number of halogens is 1. The lowest BCUT2D eigenvalue weighted by Crippen LogP contribution is -2.50. The number of ether oxygens (including phenoxy) is 1. The minimum atomic E-state index is -0.746. The Morgan fingerprint density at radius 2 is 2.00 bits per heavy atom. The summed E-state index contributed by atoms with van der Waals surface area (Å²) in [5.74, 6) is -0.998. The summed E-state index contributed by atoms with van der Waals surface area (Å²) in [7, 11) is 0. The first kappa shape index (κ1) is 27.5. The molecule has 0 spiro atoms. The van der Waals surface area contributed by atoms with E-state index in [2.05, 4.69) is 30.9 Å². The smallest absolute Gasteiger partial charge is 0.407 e.